The number of unbranched alkanes of at least 4 members (excludes halogenated alkanes) is 9. The van der Waals surface area contributed by atoms with Gasteiger partial charge in [0.2, 0.25) is 0 Å². The predicted octanol–water partition coefficient (Wildman–Crippen LogP) is 7.17. The van der Waals surface area contributed by atoms with Crippen molar-refractivity contribution in [2.45, 2.75) is 76.9 Å². The van der Waals surface area contributed by atoms with E-state index in [1.54, 1.807) is 0 Å². The fourth-order valence-corrected chi connectivity index (χ4v) is 5.30. The van der Waals surface area contributed by atoms with E-state index < -0.39 is 10.0 Å². The van der Waals surface area contributed by atoms with Crippen molar-refractivity contribution in [2.75, 3.05) is 18.3 Å². The maximum Gasteiger partial charge on any atom is 0.00202 e. The lowest BCUT2D eigenvalue weighted by molar-refractivity contribution is 0.563. The predicted molar refractivity (Wildman–Crippen MR) is 106 cm³/mol. The third kappa shape index (κ3) is 10.3. The highest BCUT2D eigenvalue weighted by atomic mass is 32.3. The first kappa shape index (κ1) is 19.6. The van der Waals surface area contributed by atoms with Gasteiger partial charge in [0.1, 0.15) is 0 Å². The summed E-state index contributed by atoms with van der Waals surface area (Å²) in [5.74, 6) is 2.74. The fraction of sp³-hybridized carbons (Fsp3) is 0.714. The van der Waals surface area contributed by atoms with E-state index in [9.17, 15) is 0 Å². The van der Waals surface area contributed by atoms with Crippen LogP contribution >= 0.6 is 10.0 Å². The van der Waals surface area contributed by atoms with Crippen molar-refractivity contribution in [2.24, 2.45) is 0 Å². The lowest BCUT2D eigenvalue weighted by Crippen LogP contribution is -2.04. The van der Waals surface area contributed by atoms with Crippen molar-refractivity contribution in [3.8, 4) is 0 Å². The van der Waals surface area contributed by atoms with Gasteiger partial charge in [-0.1, -0.05) is 95.0 Å². The van der Waals surface area contributed by atoms with E-state index in [-0.39, 0.29) is 0 Å². The number of rotatable bonds is 13. The monoisotopic (exact) mass is 322 g/mol. The summed E-state index contributed by atoms with van der Waals surface area (Å²) < 4.78 is 0. The SMILES string of the molecule is CCCCCCCCCCCCS(C)(C)Cc1ccccc1. The van der Waals surface area contributed by atoms with Gasteiger partial charge < -0.3 is 0 Å². The van der Waals surface area contributed by atoms with Gasteiger partial charge in [-0.05, 0) is 30.2 Å². The van der Waals surface area contributed by atoms with Gasteiger partial charge in [-0.25, -0.2) is 10.0 Å². The molecule has 0 spiro atoms. The van der Waals surface area contributed by atoms with E-state index in [0.29, 0.717) is 0 Å². The topological polar surface area (TPSA) is 0 Å². The molecule has 0 heterocycles. The second-order valence-corrected chi connectivity index (χ2v) is 11.5. The first-order chi connectivity index (χ1) is 10.6. The average Bonchev–Trinajstić information content (AvgIpc) is 2.49. The van der Waals surface area contributed by atoms with E-state index >= 15 is 0 Å². The third-order valence-electron chi connectivity index (χ3n) is 4.45. The third-order valence-corrected chi connectivity index (χ3v) is 6.96. The van der Waals surface area contributed by atoms with Gasteiger partial charge in [-0.15, -0.1) is 0 Å². The van der Waals surface area contributed by atoms with Gasteiger partial charge >= 0.3 is 0 Å². The molecule has 0 aliphatic heterocycles. The first-order valence-electron chi connectivity index (χ1n) is 9.37. The van der Waals surface area contributed by atoms with Gasteiger partial charge in [-0.3, -0.25) is 0 Å². The molecule has 128 valence electrons. The average molecular weight is 323 g/mol. The molecule has 0 saturated heterocycles. The second kappa shape index (κ2) is 12.0. The van der Waals surface area contributed by atoms with Crippen molar-refractivity contribution >= 4 is 10.0 Å². The Morgan fingerprint density at radius 1 is 0.682 bits per heavy atom. The standard InChI is InChI=1S/C21H38S/c1-4-5-6-7-8-9-10-11-12-16-19-22(2,3)20-21-17-14-13-15-18-21/h13-15,17-18H,4-12,16,19-20H2,1-3H3. The van der Waals surface area contributed by atoms with Gasteiger partial charge in [0.15, 0.2) is 0 Å². The summed E-state index contributed by atoms with van der Waals surface area (Å²) in [5, 5.41) is 0. The molecule has 22 heavy (non-hydrogen) atoms. The molecule has 0 N–H and O–H groups in total. The molecule has 0 unspecified atom stereocenters. The van der Waals surface area contributed by atoms with Crippen molar-refractivity contribution in [3.05, 3.63) is 35.9 Å². The summed E-state index contributed by atoms with van der Waals surface area (Å²) in [6.07, 6.45) is 19.4. The molecule has 0 saturated carbocycles. The van der Waals surface area contributed by atoms with Crippen LogP contribution in [0.25, 0.3) is 0 Å². The molecule has 0 aromatic heterocycles. The fourth-order valence-electron chi connectivity index (χ4n) is 3.08. The molecule has 0 aliphatic rings. The van der Waals surface area contributed by atoms with Crippen LogP contribution in [0, 0.1) is 0 Å². The van der Waals surface area contributed by atoms with Crippen LogP contribution < -0.4 is 0 Å². The maximum absolute atomic E-state index is 2.51. The Hall–Kier alpha value is -0.430. The zero-order valence-electron chi connectivity index (χ0n) is 15.3. The number of benzene rings is 1. The van der Waals surface area contributed by atoms with Gasteiger partial charge in [0, 0.05) is 5.75 Å². The highest BCUT2D eigenvalue weighted by molar-refractivity contribution is 8.32. The minimum absolute atomic E-state index is 0.442. The smallest absolute Gasteiger partial charge is 0.00202 e. The lowest BCUT2D eigenvalue weighted by Gasteiger charge is -2.31. The molecular weight excluding hydrogens is 284 g/mol. The zero-order chi connectivity index (χ0) is 16.1. The van der Waals surface area contributed by atoms with Crippen LogP contribution in [0.5, 0.6) is 0 Å². The Morgan fingerprint density at radius 3 is 1.73 bits per heavy atom. The molecule has 0 bridgehead atoms. The Morgan fingerprint density at radius 2 is 1.18 bits per heavy atom. The van der Waals surface area contributed by atoms with Crippen molar-refractivity contribution < 1.29 is 0 Å². The molecule has 0 amide bonds. The van der Waals surface area contributed by atoms with Gasteiger partial charge in [0.25, 0.3) is 0 Å². The van der Waals surface area contributed by atoms with Crippen LogP contribution in [0.2, 0.25) is 0 Å². The lowest BCUT2D eigenvalue weighted by atomic mass is 10.1. The van der Waals surface area contributed by atoms with Crippen LogP contribution in [-0.2, 0) is 5.75 Å². The molecule has 0 radical (unpaired) electrons. The Labute approximate surface area is 141 Å². The van der Waals surface area contributed by atoms with Gasteiger partial charge in [-0.2, -0.15) is 0 Å². The van der Waals surface area contributed by atoms with E-state index in [4.69, 9.17) is 0 Å². The minimum Gasteiger partial charge on any atom is -0.243 e. The Kier molecular flexibility index (Phi) is 10.7. The quantitative estimate of drug-likeness (QED) is 0.338. The molecule has 1 aromatic rings. The summed E-state index contributed by atoms with van der Waals surface area (Å²) in [6, 6.07) is 11.0. The van der Waals surface area contributed by atoms with Crippen molar-refractivity contribution in [3.63, 3.8) is 0 Å². The van der Waals surface area contributed by atoms with Gasteiger partial charge in [0.05, 0.1) is 0 Å². The van der Waals surface area contributed by atoms with Crippen LogP contribution in [0.15, 0.2) is 30.3 Å². The van der Waals surface area contributed by atoms with Crippen molar-refractivity contribution in [1.29, 1.82) is 0 Å². The number of hydrogen-bond donors (Lipinski definition) is 0. The Bertz CT molecular complexity index is 355. The normalized spacial score (nSPS) is 12.5. The molecule has 1 aromatic carbocycles. The largest absolute Gasteiger partial charge is 0.243 e. The molecule has 0 atom stereocenters. The summed E-state index contributed by atoms with van der Waals surface area (Å²) in [7, 11) is -0.442. The van der Waals surface area contributed by atoms with Crippen LogP contribution in [-0.4, -0.2) is 18.3 Å². The van der Waals surface area contributed by atoms with Crippen LogP contribution in [0.3, 0.4) is 0 Å². The first-order valence-corrected chi connectivity index (χ1v) is 12.2. The summed E-state index contributed by atoms with van der Waals surface area (Å²) in [5.41, 5.74) is 1.52. The molecule has 0 fully saturated rings. The maximum atomic E-state index is 2.51. The highest BCUT2D eigenvalue weighted by Gasteiger charge is 2.11. The minimum atomic E-state index is -0.442. The molecule has 0 nitrogen and oxygen atoms in total. The number of hydrogen-bond acceptors (Lipinski definition) is 0. The zero-order valence-corrected chi connectivity index (χ0v) is 16.1. The van der Waals surface area contributed by atoms with E-state index in [2.05, 4.69) is 49.8 Å². The second-order valence-electron chi connectivity index (χ2n) is 7.28. The molecule has 0 aliphatic carbocycles. The summed E-state index contributed by atoms with van der Waals surface area (Å²) >= 11 is 0. The molecule has 1 heteroatoms. The molecule has 1 rings (SSSR count). The van der Waals surface area contributed by atoms with Crippen molar-refractivity contribution in [1.82, 2.24) is 0 Å². The highest BCUT2D eigenvalue weighted by Crippen LogP contribution is 2.44. The summed E-state index contributed by atoms with van der Waals surface area (Å²) in [4.78, 5) is 0. The van der Waals surface area contributed by atoms with E-state index in [1.807, 2.05) is 0 Å². The van der Waals surface area contributed by atoms with E-state index in [1.165, 1.54) is 81.3 Å². The van der Waals surface area contributed by atoms with E-state index in [0.717, 1.165) is 0 Å². The van der Waals surface area contributed by atoms with Crippen LogP contribution in [0.1, 0.15) is 76.7 Å². The Balaban J connectivity index is 1.99. The summed E-state index contributed by atoms with van der Waals surface area (Å²) in [6.45, 7) is 2.29. The van der Waals surface area contributed by atoms with Crippen LogP contribution in [0.4, 0.5) is 0 Å². The molecular formula is C21H38S.